The number of rotatable bonds is 4. The number of hydrogen-bond acceptors (Lipinski definition) is 3. The van der Waals surface area contributed by atoms with Gasteiger partial charge < -0.3 is 4.74 Å². The van der Waals surface area contributed by atoms with E-state index in [1.165, 1.54) is 6.07 Å². The second-order valence-electron chi connectivity index (χ2n) is 3.87. The minimum atomic E-state index is -0.350. The largest absolute Gasteiger partial charge is 0.459 e. The Labute approximate surface area is 101 Å². The summed E-state index contributed by atoms with van der Waals surface area (Å²) in [5, 5.41) is 0.335. The Balaban J connectivity index is 2.91. The molecule has 0 aliphatic rings. The topological polar surface area (TPSA) is 39.2 Å². The summed E-state index contributed by atoms with van der Waals surface area (Å²) >= 11 is 5.85. The number of pyridine rings is 1. The van der Waals surface area contributed by atoms with Gasteiger partial charge in [0.15, 0.2) is 0 Å². The molecule has 88 valence electrons. The van der Waals surface area contributed by atoms with Crippen molar-refractivity contribution in [3.05, 3.63) is 28.5 Å². The molecule has 1 rings (SSSR count). The van der Waals surface area contributed by atoms with Crippen LogP contribution in [0.5, 0.6) is 0 Å². The summed E-state index contributed by atoms with van der Waals surface area (Å²) in [6.07, 6.45) is 1.64. The van der Waals surface area contributed by atoms with Gasteiger partial charge in [0, 0.05) is 5.69 Å². The Hall–Kier alpha value is -1.09. The summed E-state index contributed by atoms with van der Waals surface area (Å²) in [6.45, 7) is 5.68. The average molecular weight is 242 g/mol. The van der Waals surface area contributed by atoms with Crippen LogP contribution in [0.1, 0.15) is 43.2 Å². The second kappa shape index (κ2) is 5.85. The number of ether oxygens (including phenoxy) is 1. The quantitative estimate of drug-likeness (QED) is 0.600. The molecule has 16 heavy (non-hydrogen) atoms. The van der Waals surface area contributed by atoms with Crippen LogP contribution in [-0.2, 0) is 11.2 Å². The van der Waals surface area contributed by atoms with Crippen LogP contribution in [0.25, 0.3) is 0 Å². The van der Waals surface area contributed by atoms with Crippen molar-refractivity contribution >= 4 is 17.6 Å². The highest BCUT2D eigenvalue weighted by Gasteiger charge is 2.11. The number of nitrogens with zero attached hydrogens (tertiary/aromatic N) is 1. The van der Waals surface area contributed by atoms with Crippen molar-refractivity contribution in [3.8, 4) is 0 Å². The first-order chi connectivity index (χ1) is 7.52. The van der Waals surface area contributed by atoms with Crippen molar-refractivity contribution in [1.29, 1.82) is 0 Å². The fourth-order valence-corrected chi connectivity index (χ4v) is 1.56. The van der Waals surface area contributed by atoms with E-state index in [4.69, 9.17) is 16.3 Å². The van der Waals surface area contributed by atoms with E-state index < -0.39 is 0 Å². The molecular formula is C12H16ClNO2. The van der Waals surface area contributed by atoms with Gasteiger partial charge in [0.2, 0.25) is 0 Å². The van der Waals surface area contributed by atoms with Crippen LogP contribution in [0.3, 0.4) is 0 Å². The van der Waals surface area contributed by atoms with Gasteiger partial charge in [-0.15, -0.1) is 0 Å². The fourth-order valence-electron chi connectivity index (χ4n) is 1.34. The summed E-state index contributed by atoms with van der Waals surface area (Å²) in [5.74, 6) is -0.350. The smallest absolute Gasteiger partial charge is 0.338 e. The summed E-state index contributed by atoms with van der Waals surface area (Å²) in [4.78, 5) is 15.8. The normalized spacial score (nSPS) is 10.6. The van der Waals surface area contributed by atoms with Crippen molar-refractivity contribution < 1.29 is 9.53 Å². The van der Waals surface area contributed by atoms with Gasteiger partial charge in [0.1, 0.15) is 5.15 Å². The van der Waals surface area contributed by atoms with Gasteiger partial charge in [-0.1, -0.05) is 24.9 Å². The molecule has 0 saturated heterocycles. The van der Waals surface area contributed by atoms with E-state index in [1.807, 2.05) is 13.8 Å². The molecule has 0 radical (unpaired) electrons. The molecule has 0 aliphatic heterocycles. The van der Waals surface area contributed by atoms with Crippen LogP contribution in [-0.4, -0.2) is 17.1 Å². The van der Waals surface area contributed by atoms with E-state index in [-0.39, 0.29) is 12.1 Å². The third kappa shape index (κ3) is 3.81. The van der Waals surface area contributed by atoms with Crippen molar-refractivity contribution in [1.82, 2.24) is 4.98 Å². The highest BCUT2D eigenvalue weighted by atomic mass is 35.5. The molecule has 1 aromatic rings. The Kier molecular flexibility index (Phi) is 4.74. The molecule has 1 heterocycles. The number of aryl methyl sites for hydroxylation is 1. The molecule has 0 atom stereocenters. The number of esters is 1. The Bertz CT molecular complexity index is 377. The Morgan fingerprint density at radius 1 is 1.50 bits per heavy atom. The molecule has 0 saturated carbocycles. The Morgan fingerprint density at radius 2 is 2.19 bits per heavy atom. The predicted molar refractivity (Wildman–Crippen MR) is 63.8 cm³/mol. The first-order valence-corrected chi connectivity index (χ1v) is 5.78. The molecule has 0 spiro atoms. The zero-order valence-corrected chi connectivity index (χ0v) is 10.5. The van der Waals surface area contributed by atoms with Crippen LogP contribution in [0.2, 0.25) is 5.15 Å². The maximum absolute atomic E-state index is 11.7. The fraction of sp³-hybridized carbons (Fsp3) is 0.500. The molecule has 0 bridgehead atoms. The highest BCUT2D eigenvalue weighted by Crippen LogP contribution is 2.14. The lowest BCUT2D eigenvalue weighted by molar-refractivity contribution is 0.0377. The molecule has 0 aliphatic carbocycles. The maximum Gasteiger partial charge on any atom is 0.338 e. The van der Waals surface area contributed by atoms with E-state index in [9.17, 15) is 4.79 Å². The van der Waals surface area contributed by atoms with Crippen molar-refractivity contribution in [2.24, 2.45) is 0 Å². The third-order valence-corrected chi connectivity index (χ3v) is 2.13. The van der Waals surface area contributed by atoms with Gasteiger partial charge in [-0.2, -0.15) is 0 Å². The first kappa shape index (κ1) is 13.0. The van der Waals surface area contributed by atoms with E-state index >= 15 is 0 Å². The van der Waals surface area contributed by atoms with Gasteiger partial charge in [0.05, 0.1) is 11.7 Å². The second-order valence-corrected chi connectivity index (χ2v) is 4.26. The van der Waals surface area contributed by atoms with Crippen molar-refractivity contribution in [2.75, 3.05) is 0 Å². The molecule has 3 nitrogen and oxygen atoms in total. The van der Waals surface area contributed by atoms with Crippen LogP contribution in [0, 0.1) is 0 Å². The maximum atomic E-state index is 11.7. The van der Waals surface area contributed by atoms with Gasteiger partial charge in [-0.25, -0.2) is 9.78 Å². The molecule has 4 heteroatoms. The monoisotopic (exact) mass is 241 g/mol. The van der Waals surface area contributed by atoms with Gasteiger partial charge in [-0.05, 0) is 32.4 Å². The van der Waals surface area contributed by atoms with Crippen molar-refractivity contribution in [2.45, 2.75) is 39.7 Å². The molecular weight excluding hydrogens is 226 g/mol. The SMILES string of the molecule is CCCc1cc(C(=O)OC(C)C)cc(Cl)n1. The summed E-state index contributed by atoms with van der Waals surface area (Å²) < 4.78 is 5.10. The zero-order valence-electron chi connectivity index (χ0n) is 9.79. The number of hydrogen-bond donors (Lipinski definition) is 0. The average Bonchev–Trinajstić information content (AvgIpc) is 2.16. The first-order valence-electron chi connectivity index (χ1n) is 5.40. The molecule has 0 N–H and O–H groups in total. The summed E-state index contributed by atoms with van der Waals surface area (Å²) in [7, 11) is 0. The molecule has 0 aromatic carbocycles. The minimum Gasteiger partial charge on any atom is -0.459 e. The molecule has 0 fully saturated rings. The number of carbonyl (C=O) groups is 1. The van der Waals surface area contributed by atoms with Gasteiger partial charge in [0.25, 0.3) is 0 Å². The molecule has 0 amide bonds. The van der Waals surface area contributed by atoms with Gasteiger partial charge >= 0.3 is 5.97 Å². The van der Waals surface area contributed by atoms with E-state index in [0.717, 1.165) is 18.5 Å². The van der Waals surface area contributed by atoms with Crippen molar-refractivity contribution in [3.63, 3.8) is 0 Å². The standard InChI is InChI=1S/C12H16ClNO2/c1-4-5-10-6-9(7-11(13)14-10)12(15)16-8(2)3/h6-8H,4-5H2,1-3H3. The molecule has 0 unspecified atom stereocenters. The van der Waals surface area contributed by atoms with E-state index in [0.29, 0.717) is 10.7 Å². The van der Waals surface area contributed by atoms with E-state index in [2.05, 4.69) is 11.9 Å². The number of aromatic nitrogens is 1. The number of halogens is 1. The van der Waals surface area contributed by atoms with Gasteiger partial charge in [-0.3, -0.25) is 0 Å². The third-order valence-electron chi connectivity index (χ3n) is 1.93. The van der Waals surface area contributed by atoms with Crippen LogP contribution in [0.15, 0.2) is 12.1 Å². The minimum absolute atomic E-state index is 0.130. The lowest BCUT2D eigenvalue weighted by Crippen LogP contribution is -2.12. The molecule has 1 aromatic heterocycles. The van der Waals surface area contributed by atoms with Crippen LogP contribution in [0.4, 0.5) is 0 Å². The van der Waals surface area contributed by atoms with E-state index in [1.54, 1.807) is 6.07 Å². The zero-order chi connectivity index (χ0) is 12.1. The lowest BCUT2D eigenvalue weighted by atomic mass is 10.1. The summed E-state index contributed by atoms with van der Waals surface area (Å²) in [5.41, 5.74) is 1.29. The van der Waals surface area contributed by atoms with Crippen LogP contribution < -0.4 is 0 Å². The lowest BCUT2D eigenvalue weighted by Gasteiger charge is -2.09. The highest BCUT2D eigenvalue weighted by molar-refractivity contribution is 6.29. The summed E-state index contributed by atoms with van der Waals surface area (Å²) in [6, 6.07) is 3.27. The predicted octanol–water partition coefficient (Wildman–Crippen LogP) is 3.25. The van der Waals surface area contributed by atoms with Crippen LogP contribution >= 0.6 is 11.6 Å². The number of carbonyl (C=O) groups excluding carboxylic acids is 1. The Morgan fingerprint density at radius 3 is 2.75 bits per heavy atom.